The molecule has 1 fully saturated rings. The molecule has 1 aliphatic heterocycles. The first-order valence-electron chi connectivity index (χ1n) is 7.15. The lowest BCUT2D eigenvalue weighted by molar-refractivity contribution is -0.130. The van der Waals surface area contributed by atoms with E-state index in [1.807, 2.05) is 11.8 Å². The van der Waals surface area contributed by atoms with E-state index in [1.165, 1.54) is 0 Å². The standard InChI is InChI=1S/C14H28N2OS/c1-5-6-7-12-14(17)16(8-9-18-4)13(15-12)10-11(2)3/h11-13,15H,5-10H2,1-4H3. The normalized spacial score (nSPS) is 24.3. The summed E-state index contributed by atoms with van der Waals surface area (Å²) in [6, 6.07) is 0.0653. The van der Waals surface area contributed by atoms with E-state index in [0.29, 0.717) is 11.8 Å². The predicted octanol–water partition coefficient (Wildman–Crippen LogP) is 2.71. The Morgan fingerprint density at radius 3 is 2.72 bits per heavy atom. The monoisotopic (exact) mass is 272 g/mol. The number of thioether (sulfide) groups is 1. The maximum absolute atomic E-state index is 12.4. The second-order valence-electron chi connectivity index (χ2n) is 5.53. The summed E-state index contributed by atoms with van der Waals surface area (Å²) >= 11 is 1.81. The van der Waals surface area contributed by atoms with Gasteiger partial charge in [0.1, 0.15) is 0 Å². The van der Waals surface area contributed by atoms with Crippen molar-refractivity contribution >= 4 is 17.7 Å². The van der Waals surface area contributed by atoms with E-state index in [9.17, 15) is 4.79 Å². The zero-order chi connectivity index (χ0) is 13.5. The number of hydrogen-bond acceptors (Lipinski definition) is 3. The summed E-state index contributed by atoms with van der Waals surface area (Å²) in [7, 11) is 0. The molecule has 0 bridgehead atoms. The SMILES string of the molecule is CCCCC1NC(CC(C)C)N(CCSC)C1=O. The van der Waals surface area contributed by atoms with E-state index in [1.54, 1.807) is 0 Å². The molecule has 0 radical (unpaired) electrons. The van der Waals surface area contributed by atoms with Gasteiger partial charge in [-0.1, -0.05) is 33.6 Å². The van der Waals surface area contributed by atoms with Crippen molar-refractivity contribution in [1.82, 2.24) is 10.2 Å². The maximum atomic E-state index is 12.4. The molecule has 1 aliphatic rings. The van der Waals surface area contributed by atoms with Gasteiger partial charge in [-0.25, -0.2) is 0 Å². The molecule has 4 heteroatoms. The Bertz CT molecular complexity index is 258. The molecule has 1 N–H and O–H groups in total. The third kappa shape index (κ3) is 4.47. The molecule has 0 aromatic heterocycles. The maximum Gasteiger partial charge on any atom is 0.241 e. The number of carbonyl (C=O) groups excluding carboxylic acids is 1. The van der Waals surface area contributed by atoms with E-state index in [2.05, 4.69) is 37.2 Å². The van der Waals surface area contributed by atoms with Crippen LogP contribution in [0.15, 0.2) is 0 Å². The fraction of sp³-hybridized carbons (Fsp3) is 0.929. The fourth-order valence-corrected chi connectivity index (χ4v) is 2.84. The van der Waals surface area contributed by atoms with Crippen LogP contribution in [0.5, 0.6) is 0 Å². The first-order chi connectivity index (χ1) is 8.60. The number of nitrogens with zero attached hydrogens (tertiary/aromatic N) is 1. The molecule has 2 unspecified atom stereocenters. The van der Waals surface area contributed by atoms with Gasteiger partial charge in [0.15, 0.2) is 0 Å². The topological polar surface area (TPSA) is 32.3 Å². The lowest BCUT2D eigenvalue weighted by Crippen LogP contribution is -2.39. The molecular formula is C14H28N2OS. The highest BCUT2D eigenvalue weighted by Crippen LogP contribution is 2.20. The third-order valence-electron chi connectivity index (χ3n) is 3.43. The summed E-state index contributed by atoms with van der Waals surface area (Å²) in [5.74, 6) is 1.97. The first-order valence-corrected chi connectivity index (χ1v) is 8.55. The van der Waals surface area contributed by atoms with Crippen LogP contribution in [-0.2, 0) is 4.79 Å². The summed E-state index contributed by atoms with van der Waals surface area (Å²) in [5.41, 5.74) is 0. The second kappa shape index (κ2) is 8.05. The summed E-state index contributed by atoms with van der Waals surface area (Å²) in [4.78, 5) is 14.4. The zero-order valence-electron chi connectivity index (χ0n) is 12.2. The molecule has 1 saturated heterocycles. The van der Waals surface area contributed by atoms with Gasteiger partial charge in [-0.2, -0.15) is 11.8 Å². The summed E-state index contributed by atoms with van der Waals surface area (Å²) in [5, 5.41) is 3.53. The predicted molar refractivity (Wildman–Crippen MR) is 79.8 cm³/mol. The van der Waals surface area contributed by atoms with Crippen LogP contribution < -0.4 is 5.32 Å². The minimum absolute atomic E-state index is 0.0653. The summed E-state index contributed by atoms with van der Waals surface area (Å²) in [6.07, 6.45) is 6.69. The zero-order valence-corrected chi connectivity index (χ0v) is 13.1. The molecule has 1 heterocycles. The van der Waals surface area contributed by atoms with E-state index >= 15 is 0 Å². The highest BCUT2D eigenvalue weighted by atomic mass is 32.2. The van der Waals surface area contributed by atoms with Crippen molar-refractivity contribution in [3.05, 3.63) is 0 Å². The smallest absolute Gasteiger partial charge is 0.241 e. The number of amides is 1. The Balaban J connectivity index is 2.59. The van der Waals surface area contributed by atoms with E-state index in [-0.39, 0.29) is 12.2 Å². The number of carbonyl (C=O) groups is 1. The Hall–Kier alpha value is -0.220. The van der Waals surface area contributed by atoms with Crippen molar-refractivity contribution in [1.29, 1.82) is 0 Å². The van der Waals surface area contributed by atoms with Gasteiger partial charge in [0, 0.05) is 12.3 Å². The second-order valence-corrected chi connectivity index (χ2v) is 6.52. The number of nitrogens with one attached hydrogen (secondary N) is 1. The van der Waals surface area contributed by atoms with Crippen LogP contribution in [0, 0.1) is 5.92 Å². The summed E-state index contributed by atoms with van der Waals surface area (Å²) in [6.45, 7) is 7.50. The van der Waals surface area contributed by atoms with Crippen molar-refractivity contribution in [3.8, 4) is 0 Å². The molecule has 18 heavy (non-hydrogen) atoms. The Labute approximate surface area is 116 Å². The molecule has 2 atom stereocenters. The molecule has 0 saturated carbocycles. The van der Waals surface area contributed by atoms with Crippen molar-refractivity contribution < 1.29 is 4.79 Å². The Morgan fingerprint density at radius 1 is 1.44 bits per heavy atom. The largest absolute Gasteiger partial charge is 0.325 e. The third-order valence-corrected chi connectivity index (χ3v) is 4.02. The highest BCUT2D eigenvalue weighted by molar-refractivity contribution is 7.98. The van der Waals surface area contributed by atoms with Crippen molar-refractivity contribution in [2.45, 2.75) is 58.7 Å². The number of hydrogen-bond donors (Lipinski definition) is 1. The highest BCUT2D eigenvalue weighted by Gasteiger charge is 2.37. The Morgan fingerprint density at radius 2 is 2.17 bits per heavy atom. The van der Waals surface area contributed by atoms with Crippen LogP contribution in [0.3, 0.4) is 0 Å². The first kappa shape index (κ1) is 15.8. The minimum Gasteiger partial charge on any atom is -0.325 e. The van der Waals surface area contributed by atoms with E-state index in [0.717, 1.165) is 38.0 Å². The fourth-order valence-electron chi connectivity index (χ4n) is 2.46. The molecule has 1 amide bonds. The lowest BCUT2D eigenvalue weighted by atomic mass is 10.1. The van der Waals surface area contributed by atoms with Gasteiger partial charge in [0.25, 0.3) is 0 Å². The molecule has 1 rings (SSSR count). The minimum atomic E-state index is 0.0653. The quantitative estimate of drug-likeness (QED) is 0.737. The van der Waals surface area contributed by atoms with Gasteiger partial charge in [0.2, 0.25) is 5.91 Å². The average molecular weight is 272 g/mol. The van der Waals surface area contributed by atoms with Crippen LogP contribution in [-0.4, -0.2) is 41.6 Å². The molecule has 0 aliphatic carbocycles. The molecule has 106 valence electrons. The van der Waals surface area contributed by atoms with Crippen LogP contribution in [0.25, 0.3) is 0 Å². The van der Waals surface area contributed by atoms with E-state index in [4.69, 9.17) is 0 Å². The number of unbranched alkanes of at least 4 members (excludes halogenated alkanes) is 1. The van der Waals surface area contributed by atoms with Gasteiger partial charge in [0.05, 0.1) is 12.2 Å². The Kier molecular flexibility index (Phi) is 7.08. The van der Waals surface area contributed by atoms with Gasteiger partial charge in [-0.15, -0.1) is 0 Å². The van der Waals surface area contributed by atoms with Crippen molar-refractivity contribution in [2.75, 3.05) is 18.6 Å². The van der Waals surface area contributed by atoms with Crippen LogP contribution in [0.2, 0.25) is 0 Å². The van der Waals surface area contributed by atoms with Crippen LogP contribution in [0.4, 0.5) is 0 Å². The van der Waals surface area contributed by atoms with E-state index < -0.39 is 0 Å². The molecule has 3 nitrogen and oxygen atoms in total. The van der Waals surface area contributed by atoms with Crippen LogP contribution in [0.1, 0.15) is 46.5 Å². The number of rotatable bonds is 8. The average Bonchev–Trinajstić information content (AvgIpc) is 2.60. The van der Waals surface area contributed by atoms with Crippen molar-refractivity contribution in [2.24, 2.45) is 5.92 Å². The van der Waals surface area contributed by atoms with Gasteiger partial charge < -0.3 is 4.90 Å². The molecule has 0 spiro atoms. The van der Waals surface area contributed by atoms with Gasteiger partial charge in [-0.05, 0) is 25.0 Å². The lowest BCUT2D eigenvalue weighted by Gasteiger charge is -2.25. The van der Waals surface area contributed by atoms with Gasteiger partial charge in [-0.3, -0.25) is 10.1 Å². The molecule has 0 aromatic carbocycles. The molecular weight excluding hydrogens is 244 g/mol. The van der Waals surface area contributed by atoms with Crippen LogP contribution >= 0.6 is 11.8 Å². The van der Waals surface area contributed by atoms with Gasteiger partial charge >= 0.3 is 0 Å². The summed E-state index contributed by atoms with van der Waals surface area (Å²) < 4.78 is 0. The van der Waals surface area contributed by atoms with Crippen molar-refractivity contribution in [3.63, 3.8) is 0 Å². The molecule has 0 aromatic rings.